The Morgan fingerprint density at radius 2 is 1.96 bits per heavy atom. The molecule has 1 N–H and O–H groups in total. The number of rotatable bonds is 9. The fraction of sp³-hybridized carbons (Fsp3) is 0.684. The summed E-state index contributed by atoms with van der Waals surface area (Å²) in [6.45, 7) is 3.21. The van der Waals surface area contributed by atoms with E-state index in [2.05, 4.69) is 22.2 Å². The van der Waals surface area contributed by atoms with Gasteiger partial charge in [0.15, 0.2) is 0 Å². The van der Waals surface area contributed by atoms with Crippen LogP contribution in [0.2, 0.25) is 0 Å². The Morgan fingerprint density at radius 1 is 1.16 bits per heavy atom. The van der Waals surface area contributed by atoms with Gasteiger partial charge in [0, 0.05) is 37.9 Å². The van der Waals surface area contributed by atoms with Gasteiger partial charge < -0.3 is 10.2 Å². The van der Waals surface area contributed by atoms with Crippen molar-refractivity contribution in [3.8, 4) is 0 Å². The molecule has 1 aromatic rings. The molecular weight excluding hydrogens is 316 g/mol. The molecule has 0 bridgehead atoms. The molecule has 1 heterocycles. The van der Waals surface area contributed by atoms with E-state index in [1.165, 1.54) is 31.7 Å². The van der Waals surface area contributed by atoms with Crippen LogP contribution >= 0.6 is 0 Å². The Bertz CT molecular complexity index is 529. The van der Waals surface area contributed by atoms with Gasteiger partial charge in [-0.15, -0.1) is 0 Å². The van der Waals surface area contributed by atoms with Gasteiger partial charge in [0.05, 0.1) is 6.20 Å². The van der Waals surface area contributed by atoms with Gasteiger partial charge in [-0.25, -0.2) is 4.98 Å². The molecule has 1 aliphatic carbocycles. The summed E-state index contributed by atoms with van der Waals surface area (Å²) >= 11 is 0. The number of aromatic nitrogens is 2. The van der Waals surface area contributed by atoms with Crippen molar-refractivity contribution in [2.45, 2.75) is 70.8 Å². The van der Waals surface area contributed by atoms with Gasteiger partial charge in [-0.1, -0.05) is 39.0 Å². The zero-order chi connectivity index (χ0) is 17.9. The number of nitrogens with one attached hydrogen (secondary N) is 1. The molecule has 0 radical (unpaired) electrons. The highest BCUT2D eigenvalue weighted by molar-refractivity contribution is 5.92. The maximum Gasteiger partial charge on any atom is 0.274 e. The Hall–Kier alpha value is -1.98. The molecule has 1 aromatic heterocycles. The fourth-order valence-electron chi connectivity index (χ4n) is 3.22. The number of nitrogens with zero attached hydrogens (tertiary/aromatic N) is 3. The average molecular weight is 346 g/mol. The first-order valence-electron chi connectivity index (χ1n) is 9.55. The molecule has 138 valence electrons. The SMILES string of the molecule is CCCCCN(CCC(=O)NC1CCCCC1)C(=O)c1cnccn1. The van der Waals surface area contributed by atoms with Crippen LogP contribution in [0.3, 0.4) is 0 Å². The van der Waals surface area contributed by atoms with E-state index in [0.29, 0.717) is 31.2 Å². The first-order chi connectivity index (χ1) is 12.2. The standard InChI is InChI=1S/C19H30N4O2/c1-2-3-7-13-23(19(25)17-15-20-11-12-21-17)14-10-18(24)22-16-8-5-4-6-9-16/h11-12,15-16H,2-10,13-14H2,1H3,(H,22,24). The summed E-state index contributed by atoms with van der Waals surface area (Å²) in [4.78, 5) is 34.7. The van der Waals surface area contributed by atoms with E-state index in [-0.39, 0.29) is 11.8 Å². The van der Waals surface area contributed by atoms with E-state index in [9.17, 15) is 9.59 Å². The Kier molecular flexibility index (Phi) is 8.35. The number of amides is 2. The molecular formula is C19H30N4O2. The quantitative estimate of drug-likeness (QED) is 0.698. The molecule has 1 aliphatic rings. The molecule has 2 amide bonds. The van der Waals surface area contributed by atoms with E-state index < -0.39 is 0 Å². The molecule has 2 rings (SSSR count). The third-order valence-corrected chi connectivity index (χ3v) is 4.68. The molecule has 0 unspecified atom stereocenters. The highest BCUT2D eigenvalue weighted by Gasteiger charge is 2.20. The number of hydrogen-bond donors (Lipinski definition) is 1. The van der Waals surface area contributed by atoms with E-state index in [0.717, 1.165) is 32.1 Å². The molecule has 25 heavy (non-hydrogen) atoms. The lowest BCUT2D eigenvalue weighted by atomic mass is 9.95. The molecule has 0 aliphatic heterocycles. The second kappa shape index (κ2) is 10.8. The summed E-state index contributed by atoms with van der Waals surface area (Å²) < 4.78 is 0. The second-order valence-electron chi connectivity index (χ2n) is 6.74. The number of unbranched alkanes of at least 4 members (excludes halogenated alkanes) is 2. The summed E-state index contributed by atoms with van der Waals surface area (Å²) in [6.07, 6.45) is 13.8. The second-order valence-corrected chi connectivity index (χ2v) is 6.74. The van der Waals surface area contributed by atoms with Gasteiger partial charge in [0.25, 0.3) is 5.91 Å². The van der Waals surface area contributed by atoms with Crippen LogP contribution in [-0.2, 0) is 4.79 Å². The lowest BCUT2D eigenvalue weighted by molar-refractivity contribution is -0.122. The van der Waals surface area contributed by atoms with Crippen LogP contribution in [0.4, 0.5) is 0 Å². The predicted octanol–water partition coefficient (Wildman–Crippen LogP) is 2.95. The summed E-state index contributed by atoms with van der Waals surface area (Å²) in [5, 5.41) is 3.12. The lowest BCUT2D eigenvalue weighted by Crippen LogP contribution is -2.40. The zero-order valence-corrected chi connectivity index (χ0v) is 15.2. The molecule has 6 heteroatoms. The van der Waals surface area contributed by atoms with Gasteiger partial charge in [0.1, 0.15) is 5.69 Å². The third-order valence-electron chi connectivity index (χ3n) is 4.68. The van der Waals surface area contributed by atoms with Crippen LogP contribution in [0, 0.1) is 0 Å². The molecule has 6 nitrogen and oxygen atoms in total. The minimum Gasteiger partial charge on any atom is -0.353 e. The topological polar surface area (TPSA) is 75.2 Å². The van der Waals surface area contributed by atoms with Gasteiger partial charge in [-0.2, -0.15) is 0 Å². The van der Waals surface area contributed by atoms with Gasteiger partial charge >= 0.3 is 0 Å². The van der Waals surface area contributed by atoms with Gasteiger partial charge in [-0.05, 0) is 19.3 Å². The van der Waals surface area contributed by atoms with E-state index in [4.69, 9.17) is 0 Å². The van der Waals surface area contributed by atoms with E-state index in [1.807, 2.05) is 0 Å². The molecule has 1 saturated carbocycles. The van der Waals surface area contributed by atoms with Crippen molar-refractivity contribution in [3.05, 3.63) is 24.3 Å². The summed E-state index contributed by atoms with van der Waals surface area (Å²) in [5.74, 6) is -0.103. The van der Waals surface area contributed by atoms with Gasteiger partial charge in [-0.3, -0.25) is 14.6 Å². The van der Waals surface area contributed by atoms with E-state index >= 15 is 0 Å². The summed E-state index contributed by atoms with van der Waals surface area (Å²) in [5.41, 5.74) is 0.340. The van der Waals surface area contributed by atoms with Crippen molar-refractivity contribution < 1.29 is 9.59 Å². The highest BCUT2D eigenvalue weighted by Crippen LogP contribution is 2.17. The third kappa shape index (κ3) is 6.80. The van der Waals surface area contributed by atoms with Crippen LogP contribution in [0.15, 0.2) is 18.6 Å². The minimum atomic E-state index is -0.144. The first kappa shape index (κ1) is 19.3. The van der Waals surface area contributed by atoms with Crippen LogP contribution in [0.5, 0.6) is 0 Å². The molecule has 0 aromatic carbocycles. The predicted molar refractivity (Wildman–Crippen MR) is 97.1 cm³/mol. The maximum absolute atomic E-state index is 12.6. The number of carbonyl (C=O) groups excluding carboxylic acids is 2. The zero-order valence-electron chi connectivity index (χ0n) is 15.2. The Morgan fingerprint density at radius 3 is 2.64 bits per heavy atom. The minimum absolute atomic E-state index is 0.0411. The van der Waals surface area contributed by atoms with Crippen LogP contribution in [0.25, 0.3) is 0 Å². The van der Waals surface area contributed by atoms with Crippen LogP contribution < -0.4 is 5.32 Å². The average Bonchev–Trinajstić information content (AvgIpc) is 2.65. The van der Waals surface area contributed by atoms with E-state index in [1.54, 1.807) is 11.1 Å². The largest absolute Gasteiger partial charge is 0.353 e. The van der Waals surface area contributed by atoms with Crippen LogP contribution in [-0.4, -0.2) is 45.8 Å². The Labute approximate surface area is 150 Å². The monoisotopic (exact) mass is 346 g/mol. The highest BCUT2D eigenvalue weighted by atomic mass is 16.2. The smallest absolute Gasteiger partial charge is 0.274 e. The molecule has 0 atom stereocenters. The van der Waals surface area contributed by atoms with Crippen LogP contribution in [0.1, 0.15) is 75.2 Å². The lowest BCUT2D eigenvalue weighted by Gasteiger charge is -2.25. The van der Waals surface area contributed by atoms with Gasteiger partial charge in [0.2, 0.25) is 5.91 Å². The van der Waals surface area contributed by atoms with Crippen molar-refractivity contribution in [1.82, 2.24) is 20.2 Å². The number of carbonyl (C=O) groups is 2. The summed E-state index contributed by atoms with van der Waals surface area (Å²) in [6, 6.07) is 0.311. The first-order valence-corrected chi connectivity index (χ1v) is 9.55. The maximum atomic E-state index is 12.6. The van der Waals surface area contributed by atoms with Crippen molar-refractivity contribution in [3.63, 3.8) is 0 Å². The van der Waals surface area contributed by atoms with Crippen molar-refractivity contribution in [2.75, 3.05) is 13.1 Å². The van der Waals surface area contributed by atoms with Crippen molar-refractivity contribution in [1.29, 1.82) is 0 Å². The Balaban J connectivity index is 1.86. The van der Waals surface area contributed by atoms with Crippen molar-refractivity contribution >= 4 is 11.8 Å². The molecule has 0 spiro atoms. The fourth-order valence-corrected chi connectivity index (χ4v) is 3.22. The number of hydrogen-bond acceptors (Lipinski definition) is 4. The normalized spacial score (nSPS) is 14.9. The molecule has 1 fully saturated rings. The van der Waals surface area contributed by atoms with Crippen molar-refractivity contribution in [2.24, 2.45) is 0 Å². The molecule has 0 saturated heterocycles. The summed E-state index contributed by atoms with van der Waals surface area (Å²) in [7, 11) is 0.